The number of amides is 1. The van der Waals surface area contributed by atoms with Crippen LogP contribution in [-0.2, 0) is 9.59 Å². The van der Waals surface area contributed by atoms with Crippen LogP contribution in [0.3, 0.4) is 0 Å². The first kappa shape index (κ1) is 15.3. The van der Waals surface area contributed by atoms with Crippen LogP contribution in [0, 0.1) is 0 Å². The lowest BCUT2D eigenvalue weighted by molar-refractivity contribution is -0.138. The minimum Gasteiger partial charge on any atom is -0.489 e. The van der Waals surface area contributed by atoms with Gasteiger partial charge in [-0.05, 0) is 31.5 Å². The lowest BCUT2D eigenvalue weighted by atomic mass is 10.1. The molecule has 6 nitrogen and oxygen atoms in total. The number of carboxylic acid groups (broad SMARTS) is 1. The quantitative estimate of drug-likeness (QED) is 0.808. The van der Waals surface area contributed by atoms with E-state index in [-0.39, 0.29) is 25.1 Å². The predicted octanol–water partition coefficient (Wildman–Crippen LogP) is 0.731. The van der Waals surface area contributed by atoms with Crippen molar-refractivity contribution in [2.24, 2.45) is 0 Å². The van der Waals surface area contributed by atoms with E-state index >= 15 is 0 Å². The second-order valence-electron chi connectivity index (χ2n) is 5.10. The molecule has 1 aliphatic rings. The minimum absolute atomic E-state index is 0.0634. The molecule has 1 fully saturated rings. The number of nitrogens with one attached hydrogen (secondary N) is 1. The van der Waals surface area contributed by atoms with Crippen LogP contribution in [-0.4, -0.2) is 54.2 Å². The van der Waals surface area contributed by atoms with Crippen molar-refractivity contribution in [1.82, 2.24) is 10.2 Å². The zero-order chi connectivity index (χ0) is 15.1. The molecule has 2 N–H and O–H groups in total. The molecule has 1 aromatic rings. The summed E-state index contributed by atoms with van der Waals surface area (Å²) in [6.45, 7) is 1.38. The second kappa shape index (κ2) is 7.64. The van der Waals surface area contributed by atoms with E-state index < -0.39 is 5.97 Å². The average molecular weight is 292 g/mol. The van der Waals surface area contributed by atoms with Crippen molar-refractivity contribution >= 4 is 11.9 Å². The predicted molar refractivity (Wildman–Crippen MR) is 77.2 cm³/mol. The van der Waals surface area contributed by atoms with E-state index in [1.807, 2.05) is 35.2 Å². The van der Waals surface area contributed by atoms with E-state index in [1.54, 1.807) is 0 Å². The van der Waals surface area contributed by atoms with E-state index in [9.17, 15) is 9.59 Å². The van der Waals surface area contributed by atoms with Crippen molar-refractivity contribution < 1.29 is 19.4 Å². The molecular formula is C15H20N2O4. The van der Waals surface area contributed by atoms with Crippen LogP contribution in [0.25, 0.3) is 0 Å². The van der Waals surface area contributed by atoms with Gasteiger partial charge in [-0.1, -0.05) is 18.2 Å². The molecule has 6 heteroatoms. The number of nitrogens with zero attached hydrogens (tertiary/aromatic N) is 1. The van der Waals surface area contributed by atoms with Crippen LogP contribution >= 0.6 is 0 Å². The van der Waals surface area contributed by atoms with Gasteiger partial charge in [0.25, 0.3) is 0 Å². The standard InChI is InChI=1S/C15H20N2O4/c18-14(16-9-15(19)20)11-17-8-4-7-13(10-17)21-12-5-2-1-3-6-12/h1-3,5-6,13H,4,7-11H2,(H,16,18)(H,19,20). The summed E-state index contributed by atoms with van der Waals surface area (Å²) in [4.78, 5) is 24.0. The third kappa shape index (κ3) is 5.43. The Morgan fingerprint density at radius 2 is 2.10 bits per heavy atom. The normalized spacial score (nSPS) is 19.0. The smallest absolute Gasteiger partial charge is 0.322 e. The van der Waals surface area contributed by atoms with Gasteiger partial charge in [0, 0.05) is 6.54 Å². The Labute approximate surface area is 123 Å². The van der Waals surface area contributed by atoms with Gasteiger partial charge in [0.15, 0.2) is 0 Å². The average Bonchev–Trinajstić information content (AvgIpc) is 2.46. The number of likely N-dealkylation sites (tertiary alicyclic amines) is 1. The lowest BCUT2D eigenvalue weighted by Gasteiger charge is -2.32. The first-order chi connectivity index (χ1) is 10.1. The Morgan fingerprint density at radius 1 is 1.33 bits per heavy atom. The topological polar surface area (TPSA) is 78.9 Å². The van der Waals surface area contributed by atoms with Gasteiger partial charge in [-0.25, -0.2) is 0 Å². The van der Waals surface area contributed by atoms with E-state index in [1.165, 1.54) is 0 Å². The fourth-order valence-electron chi connectivity index (χ4n) is 2.38. The maximum absolute atomic E-state index is 11.6. The summed E-state index contributed by atoms with van der Waals surface area (Å²) in [5.74, 6) is -0.468. The van der Waals surface area contributed by atoms with Crippen molar-refractivity contribution in [3.8, 4) is 5.75 Å². The number of para-hydroxylation sites is 1. The molecule has 1 atom stereocenters. The number of carbonyl (C=O) groups excluding carboxylic acids is 1. The summed E-state index contributed by atoms with van der Waals surface area (Å²) < 4.78 is 5.90. The largest absolute Gasteiger partial charge is 0.489 e. The maximum Gasteiger partial charge on any atom is 0.322 e. The first-order valence-electron chi connectivity index (χ1n) is 7.06. The Balaban J connectivity index is 1.78. The van der Waals surface area contributed by atoms with Gasteiger partial charge in [-0.2, -0.15) is 0 Å². The Kier molecular flexibility index (Phi) is 5.57. The summed E-state index contributed by atoms with van der Waals surface area (Å²) >= 11 is 0. The summed E-state index contributed by atoms with van der Waals surface area (Å²) in [7, 11) is 0. The molecule has 1 unspecified atom stereocenters. The number of piperidine rings is 1. The third-order valence-corrected chi connectivity index (χ3v) is 3.31. The number of aliphatic carboxylic acids is 1. The van der Waals surface area contributed by atoms with E-state index in [2.05, 4.69) is 5.32 Å². The SMILES string of the molecule is O=C(O)CNC(=O)CN1CCCC(Oc2ccccc2)C1. The fraction of sp³-hybridized carbons (Fsp3) is 0.467. The fourth-order valence-corrected chi connectivity index (χ4v) is 2.38. The molecule has 1 aromatic carbocycles. The highest BCUT2D eigenvalue weighted by Crippen LogP contribution is 2.17. The molecule has 1 aliphatic heterocycles. The highest BCUT2D eigenvalue weighted by molar-refractivity contribution is 5.82. The number of carboxylic acids is 1. The zero-order valence-electron chi connectivity index (χ0n) is 11.8. The lowest BCUT2D eigenvalue weighted by Crippen LogP contribution is -2.46. The van der Waals surface area contributed by atoms with Crippen molar-refractivity contribution in [3.05, 3.63) is 30.3 Å². The molecule has 2 rings (SSSR count). The van der Waals surface area contributed by atoms with Crippen molar-refractivity contribution in [2.75, 3.05) is 26.2 Å². The molecule has 0 bridgehead atoms. The van der Waals surface area contributed by atoms with Crippen LogP contribution in [0.5, 0.6) is 5.75 Å². The van der Waals surface area contributed by atoms with Crippen molar-refractivity contribution in [2.45, 2.75) is 18.9 Å². The van der Waals surface area contributed by atoms with Gasteiger partial charge in [-0.3, -0.25) is 14.5 Å². The number of carbonyl (C=O) groups is 2. The van der Waals surface area contributed by atoms with Crippen LogP contribution < -0.4 is 10.1 Å². The number of hydrogen-bond acceptors (Lipinski definition) is 4. The Morgan fingerprint density at radius 3 is 2.81 bits per heavy atom. The molecule has 114 valence electrons. The molecule has 1 saturated heterocycles. The molecule has 1 amide bonds. The monoisotopic (exact) mass is 292 g/mol. The molecule has 0 radical (unpaired) electrons. The van der Waals surface area contributed by atoms with Gasteiger partial charge in [0.2, 0.25) is 5.91 Å². The number of hydrogen-bond donors (Lipinski definition) is 2. The van der Waals surface area contributed by atoms with E-state index in [4.69, 9.17) is 9.84 Å². The van der Waals surface area contributed by atoms with Crippen LogP contribution in [0.15, 0.2) is 30.3 Å². The van der Waals surface area contributed by atoms with Gasteiger partial charge in [-0.15, -0.1) is 0 Å². The highest BCUT2D eigenvalue weighted by Gasteiger charge is 2.22. The molecule has 0 saturated carbocycles. The molecular weight excluding hydrogens is 272 g/mol. The van der Waals surface area contributed by atoms with Gasteiger partial charge >= 0.3 is 5.97 Å². The maximum atomic E-state index is 11.6. The van der Waals surface area contributed by atoms with Crippen LogP contribution in [0.1, 0.15) is 12.8 Å². The van der Waals surface area contributed by atoms with Crippen molar-refractivity contribution in [1.29, 1.82) is 0 Å². The van der Waals surface area contributed by atoms with Gasteiger partial charge < -0.3 is 15.2 Å². The summed E-state index contributed by atoms with van der Waals surface area (Å²) in [5, 5.41) is 10.9. The number of ether oxygens (including phenoxy) is 1. The molecule has 0 aliphatic carbocycles. The zero-order valence-corrected chi connectivity index (χ0v) is 11.8. The molecule has 0 aromatic heterocycles. The summed E-state index contributed by atoms with van der Waals surface area (Å²) in [5.41, 5.74) is 0. The first-order valence-corrected chi connectivity index (χ1v) is 7.06. The summed E-state index contributed by atoms with van der Waals surface area (Å²) in [6.07, 6.45) is 1.99. The van der Waals surface area contributed by atoms with Crippen molar-refractivity contribution in [3.63, 3.8) is 0 Å². The Hall–Kier alpha value is -2.08. The minimum atomic E-state index is -1.03. The Bertz CT molecular complexity index is 478. The van der Waals surface area contributed by atoms with Gasteiger partial charge in [0.05, 0.1) is 6.54 Å². The van der Waals surface area contributed by atoms with Crippen LogP contribution in [0.4, 0.5) is 0 Å². The second-order valence-corrected chi connectivity index (χ2v) is 5.10. The van der Waals surface area contributed by atoms with E-state index in [0.717, 1.165) is 25.1 Å². The summed E-state index contributed by atoms with van der Waals surface area (Å²) in [6, 6.07) is 9.62. The van der Waals surface area contributed by atoms with Crippen LogP contribution in [0.2, 0.25) is 0 Å². The van der Waals surface area contributed by atoms with Gasteiger partial charge in [0.1, 0.15) is 18.4 Å². The number of rotatable bonds is 6. The molecule has 0 spiro atoms. The number of benzene rings is 1. The van der Waals surface area contributed by atoms with E-state index in [0.29, 0.717) is 6.54 Å². The molecule has 1 heterocycles. The highest BCUT2D eigenvalue weighted by atomic mass is 16.5. The molecule has 21 heavy (non-hydrogen) atoms. The third-order valence-electron chi connectivity index (χ3n) is 3.31.